The van der Waals surface area contributed by atoms with E-state index in [4.69, 9.17) is 23.2 Å². The monoisotopic (exact) mass is 294 g/mol. The van der Waals surface area contributed by atoms with Crippen molar-refractivity contribution in [2.75, 3.05) is 0 Å². The van der Waals surface area contributed by atoms with Crippen molar-refractivity contribution in [3.63, 3.8) is 0 Å². The number of hydrogen-bond acceptors (Lipinski definition) is 4. The molecule has 2 nitrogen and oxygen atoms in total. The minimum absolute atomic E-state index is 0.0945. The van der Waals surface area contributed by atoms with Crippen molar-refractivity contribution < 1.29 is 9.59 Å². The highest BCUT2D eigenvalue weighted by Gasteiger charge is 2.49. The minimum atomic E-state index is -0.745. The van der Waals surface area contributed by atoms with Gasteiger partial charge in [0, 0.05) is 4.88 Å². The molecule has 0 radical (unpaired) electrons. The quantitative estimate of drug-likeness (QED) is 0.740. The van der Waals surface area contributed by atoms with E-state index in [1.165, 1.54) is 11.3 Å². The van der Waals surface area contributed by atoms with Crippen molar-refractivity contribution in [3.05, 3.63) is 20.3 Å². The lowest BCUT2D eigenvalue weighted by Crippen LogP contribution is -2.25. The normalized spacial score (nSPS) is 24.1. The lowest BCUT2D eigenvalue weighted by Gasteiger charge is -2.12. The standard InChI is InChI=1S/C10H8Cl2O2S2/c1-10(2)8(13)6(9(14)16-10)7-4(11)3-5(12)15-7/h3,6H,1-2H3. The number of carbonyl (C=O) groups is 2. The molecule has 1 fully saturated rings. The Morgan fingerprint density at radius 3 is 2.31 bits per heavy atom. The number of rotatable bonds is 1. The highest BCUT2D eigenvalue weighted by molar-refractivity contribution is 8.16. The third-order valence-electron chi connectivity index (χ3n) is 2.39. The van der Waals surface area contributed by atoms with Gasteiger partial charge in [0.15, 0.2) is 5.78 Å². The third kappa shape index (κ3) is 1.92. The van der Waals surface area contributed by atoms with E-state index in [2.05, 4.69) is 0 Å². The first-order valence-corrected chi connectivity index (χ1v) is 6.94. The number of thioether (sulfide) groups is 1. The number of halogens is 2. The Labute approximate surface area is 111 Å². The van der Waals surface area contributed by atoms with Gasteiger partial charge in [-0.05, 0) is 19.9 Å². The summed E-state index contributed by atoms with van der Waals surface area (Å²) in [4.78, 5) is 24.4. The zero-order valence-corrected chi connectivity index (χ0v) is 11.7. The van der Waals surface area contributed by atoms with Gasteiger partial charge in [0.2, 0.25) is 5.12 Å². The molecule has 2 heterocycles. The maximum absolute atomic E-state index is 12.1. The summed E-state index contributed by atoms with van der Waals surface area (Å²) < 4.78 is -0.169. The molecule has 0 aliphatic carbocycles. The van der Waals surface area contributed by atoms with Crippen LogP contribution in [-0.4, -0.2) is 15.6 Å². The smallest absolute Gasteiger partial charge is 0.205 e. The molecule has 2 rings (SSSR count). The summed E-state index contributed by atoms with van der Waals surface area (Å²) in [7, 11) is 0. The lowest BCUT2D eigenvalue weighted by molar-refractivity contribution is -0.124. The second kappa shape index (κ2) is 4.02. The first-order chi connectivity index (χ1) is 7.33. The van der Waals surface area contributed by atoms with Gasteiger partial charge in [-0.2, -0.15) is 0 Å². The zero-order chi connectivity index (χ0) is 12.1. The molecule has 0 saturated carbocycles. The number of thiophene rings is 1. The van der Waals surface area contributed by atoms with E-state index in [1.54, 1.807) is 19.9 Å². The van der Waals surface area contributed by atoms with Crippen molar-refractivity contribution in [2.24, 2.45) is 0 Å². The van der Waals surface area contributed by atoms with E-state index >= 15 is 0 Å². The minimum Gasteiger partial charge on any atom is -0.297 e. The van der Waals surface area contributed by atoms with E-state index in [9.17, 15) is 9.59 Å². The predicted octanol–water partition coefficient (Wildman–Crippen LogP) is 3.76. The van der Waals surface area contributed by atoms with E-state index in [0.717, 1.165) is 11.8 Å². The van der Waals surface area contributed by atoms with Crippen LogP contribution in [0.2, 0.25) is 9.36 Å². The summed E-state index contributed by atoms with van der Waals surface area (Å²) in [5.74, 6) is -0.840. The van der Waals surface area contributed by atoms with Crippen LogP contribution in [0.3, 0.4) is 0 Å². The number of carbonyl (C=O) groups excluding carboxylic acids is 2. The molecule has 0 aromatic carbocycles. The van der Waals surface area contributed by atoms with Crippen molar-refractivity contribution in [1.29, 1.82) is 0 Å². The van der Waals surface area contributed by atoms with Crippen LogP contribution < -0.4 is 0 Å². The van der Waals surface area contributed by atoms with Crippen LogP contribution in [0.25, 0.3) is 0 Å². The Kier molecular flexibility index (Phi) is 3.12. The first kappa shape index (κ1) is 12.4. The maximum atomic E-state index is 12.1. The zero-order valence-electron chi connectivity index (χ0n) is 8.54. The summed E-state index contributed by atoms with van der Waals surface area (Å²) in [6.07, 6.45) is 0. The van der Waals surface area contributed by atoms with Crippen LogP contribution in [0.4, 0.5) is 0 Å². The Balaban J connectivity index is 2.46. The molecular weight excluding hydrogens is 287 g/mol. The van der Waals surface area contributed by atoms with Crippen LogP contribution in [0.15, 0.2) is 6.07 Å². The van der Waals surface area contributed by atoms with Gasteiger partial charge in [-0.25, -0.2) is 0 Å². The van der Waals surface area contributed by atoms with Gasteiger partial charge in [0.1, 0.15) is 5.92 Å². The van der Waals surface area contributed by atoms with Crippen molar-refractivity contribution in [1.82, 2.24) is 0 Å². The van der Waals surface area contributed by atoms with E-state index in [-0.39, 0.29) is 10.9 Å². The van der Waals surface area contributed by atoms with Gasteiger partial charge in [0.25, 0.3) is 0 Å². The Morgan fingerprint density at radius 2 is 1.94 bits per heavy atom. The average molecular weight is 295 g/mol. The molecule has 1 aromatic heterocycles. The van der Waals surface area contributed by atoms with Gasteiger partial charge in [0.05, 0.1) is 14.1 Å². The summed E-state index contributed by atoms with van der Waals surface area (Å²) in [6.45, 7) is 3.50. The molecule has 0 spiro atoms. The van der Waals surface area contributed by atoms with Gasteiger partial charge in [-0.15, -0.1) is 11.3 Å². The third-order valence-corrected chi connectivity index (χ3v) is 5.29. The molecule has 86 valence electrons. The fourth-order valence-electron chi connectivity index (χ4n) is 1.59. The highest BCUT2D eigenvalue weighted by atomic mass is 35.5. The SMILES string of the molecule is CC1(C)SC(=O)C(c2sc(Cl)cc2Cl)C1=O. The molecule has 1 saturated heterocycles. The highest BCUT2D eigenvalue weighted by Crippen LogP contribution is 2.48. The molecule has 1 aliphatic heterocycles. The second-order valence-corrected chi connectivity index (χ2v) is 7.74. The van der Waals surface area contributed by atoms with Gasteiger partial charge >= 0.3 is 0 Å². The molecule has 16 heavy (non-hydrogen) atoms. The van der Waals surface area contributed by atoms with E-state index in [0.29, 0.717) is 14.2 Å². The van der Waals surface area contributed by atoms with Crippen LogP contribution in [-0.2, 0) is 9.59 Å². The molecular formula is C10H8Cl2O2S2. The molecule has 6 heteroatoms. The Bertz CT molecular complexity index is 479. The molecule has 1 atom stereocenters. The van der Waals surface area contributed by atoms with Crippen LogP contribution >= 0.6 is 46.3 Å². The molecule has 1 unspecified atom stereocenters. The second-order valence-electron chi connectivity index (χ2n) is 3.99. The van der Waals surface area contributed by atoms with Crippen molar-refractivity contribution >= 4 is 57.2 Å². The summed E-state index contributed by atoms with van der Waals surface area (Å²) in [5, 5.41) is 0.260. The Hall–Kier alpha value is -0.0300. The largest absolute Gasteiger partial charge is 0.297 e. The van der Waals surface area contributed by atoms with Crippen LogP contribution in [0.1, 0.15) is 24.6 Å². The van der Waals surface area contributed by atoms with E-state index < -0.39 is 10.7 Å². The van der Waals surface area contributed by atoms with Gasteiger partial charge < -0.3 is 0 Å². The number of hydrogen-bond donors (Lipinski definition) is 0. The predicted molar refractivity (Wildman–Crippen MR) is 68.8 cm³/mol. The molecule has 1 aliphatic rings. The van der Waals surface area contributed by atoms with Gasteiger partial charge in [-0.3, -0.25) is 9.59 Å². The molecule has 0 amide bonds. The topological polar surface area (TPSA) is 34.1 Å². The summed E-state index contributed by atoms with van der Waals surface area (Å²) >= 11 is 14.0. The molecule has 1 aromatic rings. The number of Topliss-reactive ketones (excluding diaryl/α,β-unsaturated/α-hetero) is 1. The van der Waals surface area contributed by atoms with Gasteiger partial charge in [-0.1, -0.05) is 35.0 Å². The van der Waals surface area contributed by atoms with E-state index in [1.807, 2.05) is 0 Å². The fourth-order valence-corrected chi connectivity index (χ4v) is 4.42. The van der Waals surface area contributed by atoms with Crippen LogP contribution in [0.5, 0.6) is 0 Å². The van der Waals surface area contributed by atoms with Crippen molar-refractivity contribution in [3.8, 4) is 0 Å². The molecule has 0 N–H and O–H groups in total. The van der Waals surface area contributed by atoms with Crippen molar-refractivity contribution in [2.45, 2.75) is 24.5 Å². The molecule has 0 bridgehead atoms. The number of ketones is 1. The lowest BCUT2D eigenvalue weighted by atomic mass is 9.95. The van der Waals surface area contributed by atoms with Crippen LogP contribution in [0, 0.1) is 0 Å². The fraction of sp³-hybridized carbons (Fsp3) is 0.400. The summed E-state index contributed by atoms with van der Waals surface area (Å²) in [6, 6.07) is 1.57. The first-order valence-electron chi connectivity index (χ1n) is 4.55. The average Bonchev–Trinajstić information content (AvgIpc) is 2.53. The maximum Gasteiger partial charge on any atom is 0.205 e. The summed E-state index contributed by atoms with van der Waals surface area (Å²) in [5.41, 5.74) is 0. The Morgan fingerprint density at radius 1 is 1.31 bits per heavy atom.